The fraction of sp³-hybridized carbons (Fsp3) is 0.500. The van der Waals surface area contributed by atoms with Gasteiger partial charge in [-0.15, -0.1) is 0 Å². The van der Waals surface area contributed by atoms with Gasteiger partial charge >= 0.3 is 12.1 Å². The molecular weight excluding hydrogens is 297 g/mol. The van der Waals surface area contributed by atoms with Crippen LogP contribution in [-0.4, -0.2) is 27.5 Å². The van der Waals surface area contributed by atoms with Gasteiger partial charge in [-0.1, -0.05) is 0 Å². The lowest BCUT2D eigenvalue weighted by atomic mass is 10.1. The van der Waals surface area contributed by atoms with Gasteiger partial charge in [-0.25, -0.2) is 4.68 Å². The number of nitrogens with zero attached hydrogens (tertiary/aromatic N) is 3. The van der Waals surface area contributed by atoms with Crippen molar-refractivity contribution >= 4 is 11.0 Å². The zero-order valence-corrected chi connectivity index (χ0v) is 10.6. The van der Waals surface area contributed by atoms with E-state index in [0.29, 0.717) is 25.3 Å². The molecule has 0 N–H and O–H groups in total. The van der Waals surface area contributed by atoms with E-state index in [2.05, 4.69) is 10.1 Å². The minimum absolute atomic E-state index is 0.0214. The summed E-state index contributed by atoms with van der Waals surface area (Å²) in [7, 11) is 0. The van der Waals surface area contributed by atoms with Gasteiger partial charge in [0.1, 0.15) is 17.3 Å². The standard InChI is InChI=1S/C12H10F5N3O/c13-11(14,12(15,16)17)7-4-8-9(18-5-7)6-20(19-8)10-2-1-3-21-10/h4-6,10H,1-3H2. The number of rotatable bonds is 2. The van der Waals surface area contributed by atoms with Crippen molar-refractivity contribution in [2.75, 3.05) is 6.61 Å². The van der Waals surface area contributed by atoms with Gasteiger partial charge in [-0.2, -0.15) is 27.1 Å². The van der Waals surface area contributed by atoms with Crippen LogP contribution in [0.25, 0.3) is 11.0 Å². The molecule has 0 bridgehead atoms. The maximum Gasteiger partial charge on any atom is 0.458 e. The Labute approximate surface area is 115 Å². The number of hydrogen-bond acceptors (Lipinski definition) is 3. The quantitative estimate of drug-likeness (QED) is 0.798. The molecule has 3 heterocycles. The summed E-state index contributed by atoms with van der Waals surface area (Å²) in [5.41, 5.74) is -1.00. The molecule has 1 unspecified atom stereocenters. The normalized spacial score (nSPS) is 20.3. The van der Waals surface area contributed by atoms with Gasteiger partial charge in [0.25, 0.3) is 0 Å². The van der Waals surface area contributed by atoms with Crippen LogP contribution in [0.2, 0.25) is 0 Å². The van der Waals surface area contributed by atoms with Crippen LogP contribution in [0.3, 0.4) is 0 Å². The third-order valence-electron chi connectivity index (χ3n) is 3.29. The largest absolute Gasteiger partial charge is 0.458 e. The van der Waals surface area contributed by atoms with Gasteiger partial charge in [0.2, 0.25) is 0 Å². The van der Waals surface area contributed by atoms with E-state index in [4.69, 9.17) is 4.74 Å². The summed E-state index contributed by atoms with van der Waals surface area (Å²) in [6, 6.07) is 0.710. The molecule has 1 atom stereocenters. The van der Waals surface area contributed by atoms with Crippen LogP contribution in [0.1, 0.15) is 24.6 Å². The van der Waals surface area contributed by atoms with Crippen molar-refractivity contribution in [2.45, 2.75) is 31.2 Å². The Bertz CT molecular complexity index is 660. The lowest BCUT2D eigenvalue weighted by Gasteiger charge is -2.19. The Kier molecular flexibility index (Phi) is 3.12. The Morgan fingerprint density at radius 2 is 1.95 bits per heavy atom. The highest BCUT2D eigenvalue weighted by atomic mass is 19.4. The predicted molar refractivity (Wildman–Crippen MR) is 61.7 cm³/mol. The van der Waals surface area contributed by atoms with E-state index in [1.54, 1.807) is 0 Å². The van der Waals surface area contributed by atoms with Crippen molar-refractivity contribution < 1.29 is 26.7 Å². The summed E-state index contributed by atoms with van der Waals surface area (Å²) in [6.45, 7) is 0.561. The zero-order chi connectivity index (χ0) is 15.3. The SMILES string of the molecule is FC(F)(F)C(F)(F)c1cnc2cn(C3CCCO3)nc2c1. The maximum absolute atomic E-state index is 13.3. The summed E-state index contributed by atoms with van der Waals surface area (Å²) in [5.74, 6) is -4.96. The van der Waals surface area contributed by atoms with E-state index in [-0.39, 0.29) is 17.3 Å². The van der Waals surface area contributed by atoms with E-state index in [1.165, 1.54) is 10.9 Å². The number of hydrogen-bond donors (Lipinski definition) is 0. The van der Waals surface area contributed by atoms with Crippen molar-refractivity contribution in [3.05, 3.63) is 24.0 Å². The van der Waals surface area contributed by atoms with Gasteiger partial charge in [-0.3, -0.25) is 4.98 Å². The fourth-order valence-electron chi connectivity index (χ4n) is 2.17. The molecule has 0 aliphatic carbocycles. The van der Waals surface area contributed by atoms with Crippen LogP contribution >= 0.6 is 0 Å². The first-order valence-electron chi connectivity index (χ1n) is 6.20. The molecule has 9 heteroatoms. The highest BCUT2D eigenvalue weighted by molar-refractivity contribution is 5.74. The average Bonchev–Trinajstić information content (AvgIpc) is 3.05. The van der Waals surface area contributed by atoms with E-state index in [1.807, 2.05) is 0 Å². The number of halogens is 5. The molecule has 0 radical (unpaired) electrons. The van der Waals surface area contributed by atoms with Crippen LogP contribution < -0.4 is 0 Å². The molecule has 0 aromatic carbocycles. The van der Waals surface area contributed by atoms with Crippen LogP contribution in [0, 0.1) is 0 Å². The predicted octanol–water partition coefficient (Wildman–Crippen LogP) is 3.39. The summed E-state index contributed by atoms with van der Waals surface area (Å²) in [5, 5.41) is 3.98. The second-order valence-corrected chi connectivity index (χ2v) is 4.78. The highest BCUT2D eigenvalue weighted by Gasteiger charge is 2.59. The van der Waals surface area contributed by atoms with Crippen molar-refractivity contribution in [3.63, 3.8) is 0 Å². The second-order valence-electron chi connectivity index (χ2n) is 4.78. The van der Waals surface area contributed by atoms with Crippen LogP contribution in [0.5, 0.6) is 0 Å². The van der Waals surface area contributed by atoms with Gasteiger partial charge < -0.3 is 4.74 Å². The fourth-order valence-corrected chi connectivity index (χ4v) is 2.17. The molecule has 2 aromatic heterocycles. The molecule has 3 rings (SSSR count). The summed E-state index contributed by atoms with van der Waals surface area (Å²) < 4.78 is 70.4. The first kappa shape index (κ1) is 14.2. The number of ether oxygens (including phenoxy) is 1. The molecule has 114 valence electrons. The molecule has 2 aromatic rings. The summed E-state index contributed by atoms with van der Waals surface area (Å²) in [4.78, 5) is 3.63. The Morgan fingerprint density at radius 3 is 2.57 bits per heavy atom. The van der Waals surface area contributed by atoms with Crippen LogP contribution in [0.4, 0.5) is 22.0 Å². The first-order chi connectivity index (χ1) is 9.79. The minimum atomic E-state index is -5.67. The van der Waals surface area contributed by atoms with E-state index in [0.717, 1.165) is 6.42 Å². The van der Waals surface area contributed by atoms with Crippen LogP contribution in [-0.2, 0) is 10.7 Å². The lowest BCUT2D eigenvalue weighted by Crippen LogP contribution is -2.33. The molecular formula is C12H10F5N3O. The minimum Gasteiger partial charge on any atom is -0.357 e. The topological polar surface area (TPSA) is 39.9 Å². The zero-order valence-electron chi connectivity index (χ0n) is 10.6. The molecule has 21 heavy (non-hydrogen) atoms. The molecule has 1 fully saturated rings. The Morgan fingerprint density at radius 1 is 1.19 bits per heavy atom. The summed E-state index contributed by atoms with van der Waals surface area (Å²) >= 11 is 0. The Balaban J connectivity index is 2.00. The number of pyridine rings is 1. The average molecular weight is 307 g/mol. The Hall–Kier alpha value is -1.77. The first-order valence-corrected chi connectivity index (χ1v) is 6.20. The van der Waals surface area contributed by atoms with Crippen molar-refractivity contribution in [1.82, 2.24) is 14.8 Å². The molecule has 0 amide bonds. The molecule has 0 saturated carbocycles. The molecule has 1 aliphatic rings. The van der Waals surface area contributed by atoms with Gasteiger partial charge in [0.05, 0.1) is 11.8 Å². The van der Waals surface area contributed by atoms with E-state index >= 15 is 0 Å². The second kappa shape index (κ2) is 4.62. The van der Waals surface area contributed by atoms with Gasteiger partial charge in [0.15, 0.2) is 0 Å². The van der Waals surface area contributed by atoms with Crippen LogP contribution in [0.15, 0.2) is 18.5 Å². The summed E-state index contributed by atoms with van der Waals surface area (Å²) in [6.07, 6.45) is -2.45. The van der Waals surface area contributed by atoms with E-state index in [9.17, 15) is 22.0 Å². The smallest absolute Gasteiger partial charge is 0.357 e. The molecule has 4 nitrogen and oxygen atoms in total. The number of alkyl halides is 5. The van der Waals surface area contributed by atoms with Crippen molar-refractivity contribution in [3.8, 4) is 0 Å². The van der Waals surface area contributed by atoms with Crippen molar-refractivity contribution in [2.24, 2.45) is 0 Å². The highest BCUT2D eigenvalue weighted by Crippen LogP contribution is 2.44. The number of aromatic nitrogens is 3. The third kappa shape index (κ3) is 2.35. The monoisotopic (exact) mass is 307 g/mol. The lowest BCUT2D eigenvalue weighted by molar-refractivity contribution is -0.289. The molecule has 1 saturated heterocycles. The molecule has 1 aliphatic heterocycles. The maximum atomic E-state index is 13.3. The van der Waals surface area contributed by atoms with Gasteiger partial charge in [-0.05, 0) is 18.9 Å². The molecule has 0 spiro atoms. The van der Waals surface area contributed by atoms with Gasteiger partial charge in [0, 0.05) is 12.8 Å². The van der Waals surface area contributed by atoms with Crippen molar-refractivity contribution in [1.29, 1.82) is 0 Å². The van der Waals surface area contributed by atoms with E-state index < -0.39 is 17.7 Å². The third-order valence-corrected chi connectivity index (χ3v) is 3.29. The number of fused-ring (bicyclic) bond motifs is 1.